The number of thiazole rings is 1. The van der Waals surface area contributed by atoms with E-state index in [0.717, 1.165) is 30.4 Å². The van der Waals surface area contributed by atoms with Gasteiger partial charge in [0.15, 0.2) is 4.96 Å². The number of nitrogens with one attached hydrogen (secondary N) is 1. The van der Waals surface area contributed by atoms with Crippen molar-refractivity contribution in [2.45, 2.75) is 25.8 Å². The Hall–Kier alpha value is -0.910. The molecule has 2 aromatic rings. The Morgan fingerprint density at radius 3 is 3.17 bits per heavy atom. The molecule has 1 aliphatic rings. The lowest BCUT2D eigenvalue weighted by atomic mass is 10.0. The van der Waals surface area contributed by atoms with E-state index >= 15 is 0 Å². The van der Waals surface area contributed by atoms with Crippen LogP contribution < -0.4 is 5.32 Å². The van der Waals surface area contributed by atoms with Crippen molar-refractivity contribution in [1.29, 1.82) is 0 Å². The highest BCUT2D eigenvalue weighted by Gasteiger charge is 2.41. The third-order valence-electron chi connectivity index (χ3n) is 3.74. The lowest BCUT2D eigenvalue weighted by Gasteiger charge is -2.14. The number of rotatable bonds is 7. The largest absolute Gasteiger partial charge is 0.385 e. The minimum Gasteiger partial charge on any atom is -0.385 e. The van der Waals surface area contributed by atoms with Gasteiger partial charge in [0.2, 0.25) is 0 Å². The molecule has 1 fully saturated rings. The SMILES string of the molecule is COCCC1(CNCc2cn3ccsc3n2)CC1. The van der Waals surface area contributed by atoms with Gasteiger partial charge in [0, 0.05) is 44.6 Å². The van der Waals surface area contributed by atoms with Crippen LogP contribution >= 0.6 is 11.3 Å². The van der Waals surface area contributed by atoms with Crippen molar-refractivity contribution in [3.63, 3.8) is 0 Å². The van der Waals surface area contributed by atoms with Crippen molar-refractivity contribution in [1.82, 2.24) is 14.7 Å². The van der Waals surface area contributed by atoms with Crippen LogP contribution in [0.5, 0.6) is 0 Å². The molecule has 4 nitrogen and oxygen atoms in total. The summed E-state index contributed by atoms with van der Waals surface area (Å²) in [6.07, 6.45) is 8.00. The van der Waals surface area contributed by atoms with E-state index < -0.39 is 0 Å². The molecule has 0 spiro atoms. The Balaban J connectivity index is 1.48. The molecule has 0 atom stereocenters. The molecule has 0 aliphatic heterocycles. The second-order valence-electron chi connectivity index (χ2n) is 5.17. The van der Waals surface area contributed by atoms with E-state index in [-0.39, 0.29) is 0 Å². The molecule has 0 radical (unpaired) electrons. The predicted molar refractivity (Wildman–Crippen MR) is 72.9 cm³/mol. The minimum absolute atomic E-state index is 0.507. The number of aromatic nitrogens is 2. The first-order valence-electron chi connectivity index (χ1n) is 6.42. The molecule has 18 heavy (non-hydrogen) atoms. The van der Waals surface area contributed by atoms with E-state index in [0.29, 0.717) is 5.41 Å². The molecule has 0 saturated heterocycles. The van der Waals surface area contributed by atoms with Gasteiger partial charge < -0.3 is 10.1 Å². The van der Waals surface area contributed by atoms with E-state index in [4.69, 9.17) is 4.74 Å². The average molecular weight is 265 g/mol. The van der Waals surface area contributed by atoms with Gasteiger partial charge in [0.25, 0.3) is 0 Å². The summed E-state index contributed by atoms with van der Waals surface area (Å²) in [5.74, 6) is 0. The monoisotopic (exact) mass is 265 g/mol. The number of methoxy groups -OCH3 is 1. The summed E-state index contributed by atoms with van der Waals surface area (Å²) in [4.78, 5) is 5.65. The van der Waals surface area contributed by atoms with Crippen LogP contribution in [-0.2, 0) is 11.3 Å². The first kappa shape index (κ1) is 12.1. The van der Waals surface area contributed by atoms with Crippen LogP contribution in [0.4, 0.5) is 0 Å². The average Bonchev–Trinajstić information content (AvgIpc) is 2.79. The second-order valence-corrected chi connectivity index (χ2v) is 6.04. The predicted octanol–water partition coefficient (Wildman–Crippen LogP) is 2.30. The van der Waals surface area contributed by atoms with Crippen LogP contribution in [0.2, 0.25) is 0 Å². The van der Waals surface area contributed by atoms with Gasteiger partial charge >= 0.3 is 0 Å². The lowest BCUT2D eigenvalue weighted by molar-refractivity contribution is 0.171. The Kier molecular flexibility index (Phi) is 3.37. The van der Waals surface area contributed by atoms with Gasteiger partial charge in [-0.05, 0) is 24.7 Å². The van der Waals surface area contributed by atoms with E-state index in [2.05, 4.69) is 32.5 Å². The molecule has 0 aromatic carbocycles. The number of fused-ring (bicyclic) bond motifs is 1. The maximum atomic E-state index is 5.17. The summed E-state index contributed by atoms with van der Waals surface area (Å²) >= 11 is 1.68. The molecule has 2 heterocycles. The van der Waals surface area contributed by atoms with Crippen LogP contribution in [-0.4, -0.2) is 29.6 Å². The molecule has 1 aliphatic carbocycles. The Labute approximate surface area is 111 Å². The molecule has 1 N–H and O–H groups in total. The maximum absolute atomic E-state index is 5.17. The van der Waals surface area contributed by atoms with Gasteiger partial charge in [-0.1, -0.05) is 0 Å². The Morgan fingerprint density at radius 1 is 1.56 bits per heavy atom. The van der Waals surface area contributed by atoms with Crippen LogP contribution in [0, 0.1) is 5.41 Å². The van der Waals surface area contributed by atoms with Gasteiger partial charge in [-0.25, -0.2) is 4.98 Å². The molecule has 2 aromatic heterocycles. The van der Waals surface area contributed by atoms with Gasteiger partial charge in [0.05, 0.1) is 5.69 Å². The molecule has 0 bridgehead atoms. The van der Waals surface area contributed by atoms with Crippen molar-refractivity contribution in [3.8, 4) is 0 Å². The van der Waals surface area contributed by atoms with Crippen molar-refractivity contribution in [3.05, 3.63) is 23.5 Å². The molecular formula is C13H19N3OS. The lowest BCUT2D eigenvalue weighted by Crippen LogP contribution is -2.24. The minimum atomic E-state index is 0.507. The highest BCUT2D eigenvalue weighted by molar-refractivity contribution is 7.15. The van der Waals surface area contributed by atoms with Crippen molar-refractivity contribution >= 4 is 16.3 Å². The van der Waals surface area contributed by atoms with Crippen LogP contribution in [0.1, 0.15) is 25.0 Å². The van der Waals surface area contributed by atoms with E-state index in [1.165, 1.54) is 19.3 Å². The quantitative estimate of drug-likeness (QED) is 0.835. The molecule has 0 unspecified atom stereocenters. The van der Waals surface area contributed by atoms with Gasteiger partial charge in [0.1, 0.15) is 0 Å². The summed E-state index contributed by atoms with van der Waals surface area (Å²) in [5.41, 5.74) is 1.64. The zero-order valence-electron chi connectivity index (χ0n) is 10.7. The maximum Gasteiger partial charge on any atom is 0.193 e. The highest BCUT2D eigenvalue weighted by atomic mass is 32.1. The van der Waals surface area contributed by atoms with Crippen LogP contribution in [0.15, 0.2) is 17.8 Å². The van der Waals surface area contributed by atoms with Gasteiger partial charge in [-0.15, -0.1) is 11.3 Å². The molecule has 3 rings (SSSR count). The molecule has 5 heteroatoms. The number of ether oxygens (including phenoxy) is 1. The molecule has 1 saturated carbocycles. The zero-order chi connectivity index (χ0) is 12.4. The first-order chi connectivity index (χ1) is 8.81. The van der Waals surface area contributed by atoms with Crippen molar-refractivity contribution < 1.29 is 4.74 Å². The summed E-state index contributed by atoms with van der Waals surface area (Å²) in [6, 6.07) is 0. The summed E-state index contributed by atoms with van der Waals surface area (Å²) in [7, 11) is 1.78. The van der Waals surface area contributed by atoms with Gasteiger partial charge in [-0.2, -0.15) is 0 Å². The first-order valence-corrected chi connectivity index (χ1v) is 7.30. The van der Waals surface area contributed by atoms with Crippen molar-refractivity contribution in [2.75, 3.05) is 20.3 Å². The van der Waals surface area contributed by atoms with Gasteiger partial charge in [-0.3, -0.25) is 4.40 Å². The number of imidazole rings is 1. The van der Waals surface area contributed by atoms with Crippen LogP contribution in [0.3, 0.4) is 0 Å². The number of hydrogen-bond acceptors (Lipinski definition) is 4. The standard InChI is InChI=1S/C13H19N3OS/c1-17-6-4-13(2-3-13)10-14-8-11-9-16-5-7-18-12(16)15-11/h5,7,9,14H,2-4,6,8,10H2,1H3. The molecular weight excluding hydrogens is 246 g/mol. The summed E-state index contributed by atoms with van der Waals surface area (Å²) < 4.78 is 7.25. The summed E-state index contributed by atoms with van der Waals surface area (Å²) in [6.45, 7) is 2.83. The fourth-order valence-corrected chi connectivity index (χ4v) is 3.05. The number of hydrogen-bond donors (Lipinski definition) is 1. The number of nitrogens with zero attached hydrogens (tertiary/aromatic N) is 2. The third-order valence-corrected chi connectivity index (χ3v) is 4.51. The van der Waals surface area contributed by atoms with E-state index in [1.807, 2.05) is 0 Å². The Bertz CT molecular complexity index is 487. The van der Waals surface area contributed by atoms with Crippen molar-refractivity contribution in [2.24, 2.45) is 5.41 Å². The third kappa shape index (κ3) is 2.58. The fourth-order valence-electron chi connectivity index (χ4n) is 2.33. The second kappa shape index (κ2) is 4.99. The normalized spacial score (nSPS) is 17.4. The fraction of sp³-hybridized carbons (Fsp3) is 0.615. The van der Waals surface area contributed by atoms with Crippen LogP contribution in [0.25, 0.3) is 4.96 Å². The summed E-state index contributed by atoms with van der Waals surface area (Å²) in [5, 5.41) is 5.60. The topological polar surface area (TPSA) is 38.6 Å². The molecule has 98 valence electrons. The van der Waals surface area contributed by atoms with E-state index in [9.17, 15) is 0 Å². The highest BCUT2D eigenvalue weighted by Crippen LogP contribution is 2.48. The molecule has 0 amide bonds. The zero-order valence-corrected chi connectivity index (χ0v) is 11.5. The Morgan fingerprint density at radius 2 is 2.44 bits per heavy atom. The van der Waals surface area contributed by atoms with E-state index in [1.54, 1.807) is 18.4 Å². The smallest absolute Gasteiger partial charge is 0.193 e.